The van der Waals surface area contributed by atoms with E-state index in [4.69, 9.17) is 0 Å². The third-order valence-corrected chi connectivity index (χ3v) is 9.88. The van der Waals surface area contributed by atoms with Crippen LogP contribution < -0.4 is 0 Å². The molecule has 7 aromatic carbocycles. The van der Waals surface area contributed by atoms with Crippen LogP contribution in [0.2, 0.25) is 0 Å². The van der Waals surface area contributed by atoms with Crippen molar-refractivity contribution in [2.24, 2.45) is 0 Å². The van der Waals surface area contributed by atoms with E-state index in [9.17, 15) is 28.8 Å². The largest absolute Gasteiger partial charge is 0.294 e. The van der Waals surface area contributed by atoms with E-state index >= 15 is 0 Å². The predicted molar refractivity (Wildman–Crippen MR) is 256 cm³/mol. The number of ketones is 6. The molecule has 2 heterocycles. The summed E-state index contributed by atoms with van der Waals surface area (Å²) in [5.74, 6) is -0.836. The van der Waals surface area contributed by atoms with Gasteiger partial charge in [-0.05, 0) is 12.1 Å². The average molecular weight is 1010 g/mol. The molecule has 9 rings (SSSR count). The van der Waals surface area contributed by atoms with Gasteiger partial charge in [-0.25, -0.2) is 0 Å². The summed E-state index contributed by atoms with van der Waals surface area (Å²) < 4.78 is 0. The molecule has 0 saturated carbocycles. The van der Waals surface area contributed by atoms with Crippen LogP contribution in [0.3, 0.4) is 0 Å². The van der Waals surface area contributed by atoms with Gasteiger partial charge in [0.25, 0.3) is 0 Å². The average Bonchev–Trinajstić information content (AvgIpc) is 3.38. The summed E-state index contributed by atoms with van der Waals surface area (Å²) in [7, 11) is 0. The first kappa shape index (κ1) is 49.7. The number of aromatic nitrogens is 2. The van der Waals surface area contributed by atoms with Gasteiger partial charge in [-0.2, -0.15) is 0 Å². The minimum atomic E-state index is -0.139. The van der Waals surface area contributed by atoms with Crippen molar-refractivity contribution in [3.8, 4) is 0 Å². The number of carbonyl (C=O) groups is 6. The Morgan fingerprint density at radius 3 is 0.652 bits per heavy atom. The van der Waals surface area contributed by atoms with Gasteiger partial charge in [0.2, 0.25) is 0 Å². The van der Waals surface area contributed by atoms with Crippen LogP contribution in [-0.2, 0) is 0 Å². The Hall–Kier alpha value is -7.33. The summed E-state index contributed by atoms with van der Waals surface area (Å²) in [4.78, 5) is 79.5. The van der Waals surface area contributed by atoms with Gasteiger partial charge in [-0.1, -0.05) is 206 Å². The minimum absolute atomic E-state index is 0. The van der Waals surface area contributed by atoms with Crippen LogP contribution in [0.1, 0.15) is 81.4 Å². The molecule has 2 aromatic heterocycles. The second kappa shape index (κ2) is 26.5. The smallest absolute Gasteiger partial charge is 0.170 e. The van der Waals surface area contributed by atoms with Gasteiger partial charge in [-0.15, -0.1) is 0 Å². The number of nitrogens with zero attached hydrogens (tertiary/aromatic N) is 2. The van der Waals surface area contributed by atoms with E-state index in [1.54, 1.807) is 158 Å². The Kier molecular flexibility index (Phi) is 19.9. The van der Waals surface area contributed by atoms with Crippen LogP contribution in [0.15, 0.2) is 231 Å². The zero-order chi connectivity index (χ0) is 45.6. The molecule has 0 saturated heterocycles. The van der Waals surface area contributed by atoms with Gasteiger partial charge in [-0.3, -0.25) is 38.7 Å². The third kappa shape index (κ3) is 15.1. The Bertz CT molecular complexity index is 2550. The second-order valence-electron chi connectivity index (χ2n) is 14.5. The van der Waals surface area contributed by atoms with E-state index in [0.29, 0.717) is 33.4 Å². The SMILES string of the molecule is O=C(CC(=O)c1ccccc1)c1ccccc1.O=C(CC(=O)c1ccccc1)c1ccccc1.O=C(CC(=O)c1ccccc1)c1ccccc1.[Tb].c1cnc2c(c1)ccc1cccnc12. The number of hydrogen-bond acceptors (Lipinski definition) is 8. The van der Waals surface area contributed by atoms with Gasteiger partial charge in [0.05, 0.1) is 30.3 Å². The van der Waals surface area contributed by atoms with Gasteiger partial charge < -0.3 is 0 Å². The quantitative estimate of drug-likeness (QED) is 0.0672. The normalized spacial score (nSPS) is 9.94. The monoisotopic (exact) mass is 1010 g/mol. The Labute approximate surface area is 414 Å². The molecule has 66 heavy (non-hydrogen) atoms. The number of fused-ring (bicyclic) bond motifs is 3. The van der Waals surface area contributed by atoms with Crippen LogP contribution in [0, 0.1) is 38.6 Å². The molecule has 327 valence electrons. The molecular formula is C57H44N2O6Tb. The van der Waals surface area contributed by atoms with E-state index in [1.165, 1.54) is 0 Å². The fourth-order valence-corrected chi connectivity index (χ4v) is 6.47. The summed E-state index contributed by atoms with van der Waals surface area (Å²) >= 11 is 0. The topological polar surface area (TPSA) is 128 Å². The van der Waals surface area contributed by atoms with E-state index in [0.717, 1.165) is 21.8 Å². The maximum atomic E-state index is 11.8. The van der Waals surface area contributed by atoms with E-state index in [1.807, 2.05) is 48.5 Å². The van der Waals surface area contributed by atoms with Crippen molar-refractivity contribution in [1.29, 1.82) is 0 Å². The first-order valence-corrected chi connectivity index (χ1v) is 20.8. The molecule has 0 aliphatic rings. The van der Waals surface area contributed by atoms with Crippen molar-refractivity contribution in [3.05, 3.63) is 264 Å². The molecule has 0 atom stereocenters. The number of rotatable bonds is 12. The van der Waals surface area contributed by atoms with Crippen LogP contribution in [0.5, 0.6) is 0 Å². The zero-order valence-electron chi connectivity index (χ0n) is 35.7. The van der Waals surface area contributed by atoms with Crippen molar-refractivity contribution in [2.75, 3.05) is 0 Å². The second-order valence-corrected chi connectivity index (χ2v) is 14.5. The number of carbonyl (C=O) groups excluding carboxylic acids is 6. The Morgan fingerprint density at radius 1 is 0.258 bits per heavy atom. The Morgan fingerprint density at radius 2 is 0.455 bits per heavy atom. The van der Waals surface area contributed by atoms with Crippen LogP contribution >= 0.6 is 0 Å². The summed E-state index contributed by atoms with van der Waals surface area (Å²) in [6.45, 7) is 0. The van der Waals surface area contributed by atoms with Crippen LogP contribution in [-0.4, -0.2) is 44.7 Å². The van der Waals surface area contributed by atoms with Crippen molar-refractivity contribution in [3.63, 3.8) is 0 Å². The molecule has 0 N–H and O–H groups in total. The molecule has 0 fully saturated rings. The Balaban J connectivity index is 0.000000164. The summed E-state index contributed by atoms with van der Waals surface area (Å²) in [5, 5.41) is 2.28. The first-order chi connectivity index (χ1) is 31.8. The number of pyridine rings is 2. The molecule has 9 heteroatoms. The maximum absolute atomic E-state index is 11.8. The van der Waals surface area contributed by atoms with E-state index in [2.05, 4.69) is 34.2 Å². The standard InChI is InChI=1S/3C15H12O2.C12H8N2.Tb/c3*16-14(12-7-3-1-4-8-12)11-15(17)13-9-5-2-6-10-13;1-3-9-5-6-10-4-2-8-14-12(10)11(9)13-7-1;/h3*1-10H,11H2;1-8H;. The molecular weight excluding hydrogens is 968 g/mol. The van der Waals surface area contributed by atoms with Crippen molar-refractivity contribution in [2.45, 2.75) is 19.3 Å². The predicted octanol–water partition coefficient (Wildman–Crippen LogP) is 12.2. The molecule has 1 radical (unpaired) electrons. The molecule has 0 unspecified atom stereocenters. The van der Waals surface area contributed by atoms with Gasteiger partial charge in [0, 0.05) is 95.2 Å². The van der Waals surface area contributed by atoms with Gasteiger partial charge in [0.15, 0.2) is 34.7 Å². The van der Waals surface area contributed by atoms with Crippen LogP contribution in [0.4, 0.5) is 0 Å². The maximum Gasteiger partial charge on any atom is 0.170 e. The fourth-order valence-electron chi connectivity index (χ4n) is 6.47. The van der Waals surface area contributed by atoms with Gasteiger partial charge >= 0.3 is 0 Å². The molecule has 0 aliphatic carbocycles. The van der Waals surface area contributed by atoms with Crippen molar-refractivity contribution >= 4 is 56.5 Å². The zero-order valence-corrected chi connectivity index (χ0v) is 37.9. The van der Waals surface area contributed by atoms with Crippen molar-refractivity contribution in [1.82, 2.24) is 9.97 Å². The van der Waals surface area contributed by atoms with Crippen molar-refractivity contribution < 1.29 is 67.4 Å². The molecule has 0 amide bonds. The molecule has 8 nitrogen and oxygen atoms in total. The summed E-state index contributed by atoms with van der Waals surface area (Å²) in [6.07, 6.45) is 3.38. The fraction of sp³-hybridized carbons (Fsp3) is 0.0526. The number of hydrogen-bond donors (Lipinski definition) is 0. The molecule has 0 spiro atoms. The molecule has 0 bridgehead atoms. The number of benzene rings is 7. The third-order valence-electron chi connectivity index (χ3n) is 9.88. The molecule has 0 aliphatic heterocycles. The van der Waals surface area contributed by atoms with E-state index in [-0.39, 0.29) is 92.6 Å². The molecule has 9 aromatic rings. The summed E-state index contributed by atoms with van der Waals surface area (Å²) in [5.41, 5.74) is 5.44. The summed E-state index contributed by atoms with van der Waals surface area (Å²) in [6, 6.07) is 65.4. The minimum Gasteiger partial charge on any atom is -0.294 e. The van der Waals surface area contributed by atoms with Crippen LogP contribution in [0.25, 0.3) is 21.8 Å². The van der Waals surface area contributed by atoms with E-state index < -0.39 is 0 Å². The number of Topliss-reactive ketones (excluding diaryl/α,β-unsaturated/α-hetero) is 6. The first-order valence-electron chi connectivity index (χ1n) is 20.8. The van der Waals surface area contributed by atoms with Gasteiger partial charge in [0.1, 0.15) is 0 Å².